The molecule has 0 nitrogen and oxygen atoms in total. The van der Waals surface area contributed by atoms with Gasteiger partial charge in [-0.25, -0.2) is 8.78 Å². The van der Waals surface area contributed by atoms with E-state index in [0.717, 1.165) is 36.0 Å². The Kier molecular flexibility index (Phi) is 11.2. The lowest BCUT2D eigenvalue weighted by molar-refractivity contribution is 0.272. The lowest BCUT2D eigenvalue weighted by Gasteiger charge is -2.34. The Balaban J connectivity index is 1.56. The van der Waals surface area contributed by atoms with E-state index in [1.165, 1.54) is 51.4 Å². The monoisotopic (exact) mass is 478 g/mol. The zero-order valence-corrected chi connectivity index (χ0v) is 21.9. The van der Waals surface area contributed by atoms with Crippen LogP contribution in [0.1, 0.15) is 109 Å². The molecule has 3 rings (SSSR count). The number of allylic oxidation sites excluding steroid dienone is 4. The molecule has 0 aliphatic heterocycles. The van der Waals surface area contributed by atoms with E-state index in [9.17, 15) is 0 Å². The molecule has 0 radical (unpaired) electrons. The van der Waals surface area contributed by atoms with Gasteiger partial charge in [0.1, 0.15) is 11.7 Å². The maximum absolute atomic E-state index is 15.6. The van der Waals surface area contributed by atoms with Crippen LogP contribution >= 0.6 is 0 Å². The van der Waals surface area contributed by atoms with Crippen molar-refractivity contribution < 1.29 is 8.78 Å². The summed E-state index contributed by atoms with van der Waals surface area (Å²) in [6, 6.07) is 18.0. The Hall–Kier alpha value is -2.22. The summed E-state index contributed by atoms with van der Waals surface area (Å²) in [6.45, 7) is 4.31. The maximum Gasteiger partial charge on any atom is 0.143 e. The van der Waals surface area contributed by atoms with E-state index in [2.05, 4.69) is 26.0 Å². The predicted octanol–water partition coefficient (Wildman–Crippen LogP) is 11.3. The Labute approximate surface area is 212 Å². The fraction of sp³-hybridized carbons (Fsp3) is 0.515. The topological polar surface area (TPSA) is 0 Å². The van der Waals surface area contributed by atoms with E-state index in [0.29, 0.717) is 12.8 Å². The van der Waals surface area contributed by atoms with Crippen LogP contribution in [0.4, 0.5) is 8.78 Å². The van der Waals surface area contributed by atoms with E-state index in [4.69, 9.17) is 0 Å². The third-order valence-corrected chi connectivity index (χ3v) is 7.58. The van der Waals surface area contributed by atoms with Gasteiger partial charge in [-0.1, -0.05) is 151 Å². The molecule has 2 unspecified atom stereocenters. The maximum atomic E-state index is 15.6. The van der Waals surface area contributed by atoms with Gasteiger partial charge >= 0.3 is 0 Å². The summed E-state index contributed by atoms with van der Waals surface area (Å²) in [7, 11) is 0. The molecule has 0 saturated carbocycles. The molecule has 0 aromatic heterocycles. The molecule has 0 spiro atoms. The van der Waals surface area contributed by atoms with E-state index < -0.39 is 23.0 Å². The molecule has 0 bridgehead atoms. The third-order valence-electron chi connectivity index (χ3n) is 7.58. The molecule has 0 saturated heterocycles. The molecular weight excluding hydrogens is 434 g/mol. The van der Waals surface area contributed by atoms with Crippen molar-refractivity contribution in [3.05, 3.63) is 84.0 Å². The lowest BCUT2D eigenvalue weighted by Crippen LogP contribution is -2.24. The standard InChI is InChI=1S/C33H44F2/c1-3-5-6-7-8-9-10-11-12-16-25-33(24-4-2)26-23-30(31(34)32(33)35)29-21-19-28(20-22-29)27-17-14-13-15-18-27/h13-15,17-23,26,30H,3-12,16,24-25H2,1-2H3. The smallest absolute Gasteiger partial charge is 0.143 e. The SMILES string of the molecule is CCCCCCCCCCCCC1(CCC)C=CC(c2ccc(-c3ccccc3)cc2)C(F)=C1F. The van der Waals surface area contributed by atoms with E-state index >= 15 is 8.78 Å². The van der Waals surface area contributed by atoms with Crippen LogP contribution in [0.2, 0.25) is 0 Å². The Morgan fingerprint density at radius 1 is 0.629 bits per heavy atom. The van der Waals surface area contributed by atoms with Gasteiger partial charge < -0.3 is 0 Å². The molecule has 1 aliphatic rings. The van der Waals surface area contributed by atoms with Crippen LogP contribution in [0, 0.1) is 5.41 Å². The molecule has 1 aliphatic carbocycles. The van der Waals surface area contributed by atoms with Gasteiger partial charge in [0.2, 0.25) is 0 Å². The normalized spacial score (nSPS) is 19.9. The summed E-state index contributed by atoms with van der Waals surface area (Å²) in [4.78, 5) is 0. The highest BCUT2D eigenvalue weighted by Gasteiger charge is 2.39. The van der Waals surface area contributed by atoms with E-state index in [1.807, 2.05) is 54.6 Å². The van der Waals surface area contributed by atoms with Gasteiger partial charge in [-0.05, 0) is 29.5 Å². The van der Waals surface area contributed by atoms with Crippen LogP contribution in [0.3, 0.4) is 0 Å². The molecule has 0 amide bonds. The van der Waals surface area contributed by atoms with E-state index in [1.54, 1.807) is 0 Å². The largest absolute Gasteiger partial charge is 0.208 e. The van der Waals surface area contributed by atoms with Crippen LogP contribution in [0.25, 0.3) is 11.1 Å². The number of unbranched alkanes of at least 4 members (excludes halogenated alkanes) is 9. The first-order valence-electron chi connectivity index (χ1n) is 14.0. The second-order valence-electron chi connectivity index (χ2n) is 10.3. The highest BCUT2D eigenvalue weighted by Crippen LogP contribution is 2.49. The van der Waals surface area contributed by atoms with Crippen molar-refractivity contribution in [1.82, 2.24) is 0 Å². The Morgan fingerprint density at radius 2 is 1.20 bits per heavy atom. The first kappa shape index (κ1) is 27.4. The summed E-state index contributed by atoms with van der Waals surface area (Å²) in [5, 5.41) is 0. The van der Waals surface area contributed by atoms with E-state index in [-0.39, 0.29) is 0 Å². The average molecular weight is 479 g/mol. The molecule has 35 heavy (non-hydrogen) atoms. The number of halogens is 2. The van der Waals surface area contributed by atoms with Crippen LogP contribution in [-0.2, 0) is 0 Å². The average Bonchev–Trinajstić information content (AvgIpc) is 2.89. The predicted molar refractivity (Wildman–Crippen MR) is 147 cm³/mol. The summed E-state index contributed by atoms with van der Waals surface area (Å²) in [5.74, 6) is -1.76. The first-order chi connectivity index (χ1) is 17.1. The summed E-state index contributed by atoms with van der Waals surface area (Å²) < 4.78 is 31.0. The molecule has 2 aromatic rings. The van der Waals surface area contributed by atoms with Crippen molar-refractivity contribution in [3.63, 3.8) is 0 Å². The lowest BCUT2D eigenvalue weighted by atomic mass is 9.72. The number of rotatable bonds is 15. The zero-order valence-electron chi connectivity index (χ0n) is 21.9. The fourth-order valence-corrected chi connectivity index (χ4v) is 5.47. The minimum Gasteiger partial charge on any atom is -0.208 e. The van der Waals surface area contributed by atoms with Crippen molar-refractivity contribution in [2.45, 2.75) is 103 Å². The van der Waals surface area contributed by atoms with Crippen molar-refractivity contribution in [3.8, 4) is 11.1 Å². The Morgan fingerprint density at radius 3 is 1.80 bits per heavy atom. The molecule has 2 atom stereocenters. The minimum atomic E-state index is -0.764. The van der Waals surface area contributed by atoms with Crippen LogP contribution in [-0.4, -0.2) is 0 Å². The number of benzene rings is 2. The van der Waals surface area contributed by atoms with Gasteiger partial charge in [-0.2, -0.15) is 0 Å². The highest BCUT2D eigenvalue weighted by molar-refractivity contribution is 5.63. The van der Waals surface area contributed by atoms with Gasteiger partial charge in [0, 0.05) is 5.41 Å². The molecule has 0 fully saturated rings. The second-order valence-corrected chi connectivity index (χ2v) is 10.3. The Bertz CT molecular complexity index is 925. The van der Waals surface area contributed by atoms with Gasteiger partial charge in [0.05, 0.1) is 5.92 Å². The van der Waals surface area contributed by atoms with Gasteiger partial charge in [-0.15, -0.1) is 0 Å². The zero-order chi connectivity index (χ0) is 24.9. The molecule has 0 N–H and O–H groups in total. The number of hydrogen-bond acceptors (Lipinski definition) is 0. The molecule has 0 heterocycles. The summed E-state index contributed by atoms with van der Waals surface area (Å²) >= 11 is 0. The highest BCUT2D eigenvalue weighted by atomic mass is 19.2. The van der Waals surface area contributed by atoms with Crippen molar-refractivity contribution in [1.29, 1.82) is 0 Å². The quantitative estimate of drug-likeness (QED) is 0.176. The van der Waals surface area contributed by atoms with Crippen molar-refractivity contribution in [2.24, 2.45) is 5.41 Å². The molecule has 2 heteroatoms. The van der Waals surface area contributed by atoms with Crippen LogP contribution < -0.4 is 0 Å². The van der Waals surface area contributed by atoms with Gasteiger partial charge in [-0.3, -0.25) is 0 Å². The second kappa shape index (κ2) is 14.4. The third kappa shape index (κ3) is 7.63. The van der Waals surface area contributed by atoms with Gasteiger partial charge in [0.15, 0.2) is 0 Å². The van der Waals surface area contributed by atoms with Gasteiger partial charge in [0.25, 0.3) is 0 Å². The summed E-state index contributed by atoms with van der Waals surface area (Å²) in [5.41, 5.74) is 2.25. The van der Waals surface area contributed by atoms with Crippen molar-refractivity contribution in [2.75, 3.05) is 0 Å². The molecule has 2 aromatic carbocycles. The number of hydrogen-bond donors (Lipinski definition) is 0. The summed E-state index contributed by atoms with van der Waals surface area (Å²) in [6.07, 6.45) is 18.6. The van der Waals surface area contributed by atoms with Crippen molar-refractivity contribution >= 4 is 0 Å². The first-order valence-corrected chi connectivity index (χ1v) is 14.0. The minimum absolute atomic E-state index is 0.532. The van der Waals surface area contributed by atoms with Crippen LogP contribution in [0.15, 0.2) is 78.4 Å². The molecule has 190 valence electrons. The van der Waals surface area contributed by atoms with Crippen LogP contribution in [0.5, 0.6) is 0 Å². The molecular formula is C33H44F2. The fourth-order valence-electron chi connectivity index (χ4n) is 5.47.